The summed E-state index contributed by atoms with van der Waals surface area (Å²) in [5.74, 6) is 0.387. The highest BCUT2D eigenvalue weighted by molar-refractivity contribution is 5.49. The highest BCUT2D eigenvalue weighted by Crippen LogP contribution is 2.31. The zero-order valence-electron chi connectivity index (χ0n) is 11.8. The average Bonchev–Trinajstić information content (AvgIpc) is 2.33. The molecule has 0 saturated carbocycles. The van der Waals surface area contributed by atoms with Crippen LogP contribution in [0.3, 0.4) is 0 Å². The molecular weight excluding hydrogens is 271 g/mol. The van der Waals surface area contributed by atoms with Gasteiger partial charge in [0.05, 0.1) is 18.3 Å². The second-order valence-corrected chi connectivity index (χ2v) is 4.50. The predicted molar refractivity (Wildman–Crippen MR) is 73.0 cm³/mol. The first-order valence-corrected chi connectivity index (χ1v) is 6.51. The molecule has 0 bridgehead atoms. The first-order chi connectivity index (χ1) is 9.32. The molecule has 0 aromatic carbocycles. The second kappa shape index (κ2) is 7.33. The molecule has 0 unspecified atom stereocenters. The topological polar surface area (TPSA) is 46.2 Å². The molecule has 1 aromatic rings. The Morgan fingerprint density at radius 1 is 1.20 bits per heavy atom. The van der Waals surface area contributed by atoms with Crippen LogP contribution in [0.2, 0.25) is 0 Å². The number of alkyl halides is 3. The first-order valence-electron chi connectivity index (χ1n) is 6.51. The maximum Gasteiger partial charge on any atom is 0.416 e. The summed E-state index contributed by atoms with van der Waals surface area (Å²) in [6, 6.07) is 2.00. The van der Waals surface area contributed by atoms with Gasteiger partial charge in [0, 0.05) is 13.1 Å². The van der Waals surface area contributed by atoms with Crippen molar-refractivity contribution in [3.8, 4) is 0 Å². The van der Waals surface area contributed by atoms with Gasteiger partial charge in [-0.15, -0.1) is 0 Å². The maximum atomic E-state index is 12.8. The number of anilines is 2. The molecule has 0 saturated heterocycles. The van der Waals surface area contributed by atoms with E-state index >= 15 is 0 Å². The van der Waals surface area contributed by atoms with E-state index in [4.69, 9.17) is 4.74 Å². The summed E-state index contributed by atoms with van der Waals surface area (Å²) in [6.45, 7) is 6.90. The van der Waals surface area contributed by atoms with Crippen molar-refractivity contribution in [1.82, 2.24) is 4.98 Å². The lowest BCUT2D eigenvalue weighted by molar-refractivity contribution is -0.137. The van der Waals surface area contributed by atoms with E-state index in [1.54, 1.807) is 6.92 Å². The minimum atomic E-state index is -4.39. The number of ether oxygens (including phenoxy) is 1. The minimum Gasteiger partial charge on any atom is -0.377 e. The number of hydrogen-bond acceptors (Lipinski definition) is 4. The van der Waals surface area contributed by atoms with Crippen LogP contribution in [0.1, 0.15) is 26.3 Å². The maximum absolute atomic E-state index is 12.8. The van der Waals surface area contributed by atoms with E-state index in [1.165, 1.54) is 0 Å². The summed E-state index contributed by atoms with van der Waals surface area (Å²) in [5.41, 5.74) is -0.726. The molecule has 0 aliphatic rings. The predicted octanol–water partition coefficient (Wildman–Crippen LogP) is 3.37. The summed E-state index contributed by atoms with van der Waals surface area (Å²) < 4.78 is 43.6. The number of pyridine rings is 1. The average molecular weight is 291 g/mol. The van der Waals surface area contributed by atoms with Gasteiger partial charge in [-0.3, -0.25) is 0 Å². The molecule has 0 aliphatic heterocycles. The number of nitrogens with zero attached hydrogens (tertiary/aromatic N) is 1. The molecule has 0 aliphatic carbocycles. The van der Waals surface area contributed by atoms with Crippen molar-refractivity contribution in [3.63, 3.8) is 0 Å². The number of rotatable bonds is 7. The van der Waals surface area contributed by atoms with Gasteiger partial charge in [-0.2, -0.15) is 13.2 Å². The quantitative estimate of drug-likeness (QED) is 0.756. The molecule has 0 radical (unpaired) electrons. The molecule has 1 aromatic heterocycles. The Morgan fingerprint density at radius 3 is 2.30 bits per heavy atom. The monoisotopic (exact) mass is 291 g/mol. The lowest BCUT2D eigenvalue weighted by Gasteiger charge is -2.14. The third-order valence-electron chi connectivity index (χ3n) is 2.37. The molecule has 2 N–H and O–H groups in total. The highest BCUT2D eigenvalue weighted by Gasteiger charge is 2.31. The molecule has 0 fully saturated rings. The smallest absolute Gasteiger partial charge is 0.377 e. The normalized spacial score (nSPS) is 11.8. The summed E-state index contributed by atoms with van der Waals surface area (Å²) in [5, 5.41) is 5.62. The molecule has 7 heteroatoms. The second-order valence-electron chi connectivity index (χ2n) is 4.50. The van der Waals surface area contributed by atoms with E-state index in [1.807, 2.05) is 13.8 Å². The summed E-state index contributed by atoms with van der Waals surface area (Å²) in [4.78, 5) is 4.08. The molecule has 1 heterocycles. The van der Waals surface area contributed by atoms with Crippen LogP contribution in [0.25, 0.3) is 0 Å². The molecule has 1 rings (SSSR count). The van der Waals surface area contributed by atoms with Crippen LogP contribution in [0.15, 0.2) is 12.1 Å². The van der Waals surface area contributed by atoms with Crippen LogP contribution in [-0.2, 0) is 10.9 Å². The van der Waals surface area contributed by atoms with Crippen LogP contribution in [0.4, 0.5) is 24.8 Å². The van der Waals surface area contributed by atoms with Gasteiger partial charge >= 0.3 is 6.18 Å². The molecule has 4 nitrogen and oxygen atoms in total. The SMILES string of the molecule is CCNc1cc(C(F)(F)F)cc(NCCOC(C)C)n1. The largest absolute Gasteiger partial charge is 0.416 e. The Morgan fingerprint density at radius 2 is 1.80 bits per heavy atom. The molecule has 0 spiro atoms. The van der Waals surface area contributed by atoms with E-state index < -0.39 is 11.7 Å². The number of aromatic nitrogens is 1. The molecule has 20 heavy (non-hydrogen) atoms. The lowest BCUT2D eigenvalue weighted by Crippen LogP contribution is -2.15. The Balaban J connectivity index is 2.76. The Bertz CT molecular complexity index is 422. The number of hydrogen-bond donors (Lipinski definition) is 2. The van der Waals surface area contributed by atoms with Gasteiger partial charge in [0.2, 0.25) is 0 Å². The zero-order valence-corrected chi connectivity index (χ0v) is 11.8. The van der Waals surface area contributed by atoms with Gasteiger partial charge in [0.25, 0.3) is 0 Å². The summed E-state index contributed by atoms with van der Waals surface area (Å²) in [6.07, 6.45) is -4.30. The van der Waals surface area contributed by atoms with Crippen molar-refractivity contribution < 1.29 is 17.9 Å². The molecule has 0 atom stereocenters. The Hall–Kier alpha value is -1.50. The van der Waals surface area contributed by atoms with Crippen LogP contribution in [0, 0.1) is 0 Å². The molecular formula is C13H20F3N3O. The van der Waals surface area contributed by atoms with E-state index in [9.17, 15) is 13.2 Å². The fourth-order valence-electron chi connectivity index (χ4n) is 1.53. The van der Waals surface area contributed by atoms with Gasteiger partial charge < -0.3 is 15.4 Å². The van der Waals surface area contributed by atoms with Crippen molar-refractivity contribution in [2.24, 2.45) is 0 Å². The minimum absolute atomic E-state index is 0.0867. The fraction of sp³-hybridized carbons (Fsp3) is 0.615. The van der Waals surface area contributed by atoms with E-state index in [0.717, 1.165) is 12.1 Å². The van der Waals surface area contributed by atoms with Gasteiger partial charge in [-0.1, -0.05) is 0 Å². The van der Waals surface area contributed by atoms with Crippen molar-refractivity contribution in [3.05, 3.63) is 17.7 Å². The van der Waals surface area contributed by atoms with E-state index in [-0.39, 0.29) is 17.7 Å². The first kappa shape index (κ1) is 16.6. The van der Waals surface area contributed by atoms with Crippen molar-refractivity contribution in [2.45, 2.75) is 33.1 Å². The summed E-state index contributed by atoms with van der Waals surface area (Å²) in [7, 11) is 0. The van der Waals surface area contributed by atoms with Crippen molar-refractivity contribution >= 4 is 11.6 Å². The van der Waals surface area contributed by atoms with E-state index in [0.29, 0.717) is 19.7 Å². The fourth-order valence-corrected chi connectivity index (χ4v) is 1.53. The van der Waals surface area contributed by atoms with Crippen LogP contribution >= 0.6 is 0 Å². The van der Waals surface area contributed by atoms with Gasteiger partial charge in [0.1, 0.15) is 11.6 Å². The van der Waals surface area contributed by atoms with E-state index in [2.05, 4.69) is 15.6 Å². The van der Waals surface area contributed by atoms with Gasteiger partial charge in [-0.25, -0.2) is 4.98 Å². The van der Waals surface area contributed by atoms with Crippen molar-refractivity contribution in [2.75, 3.05) is 30.3 Å². The Kier molecular flexibility index (Phi) is 6.06. The standard InChI is InChI=1S/C13H20F3N3O/c1-4-17-11-7-10(13(14,15)16)8-12(19-11)18-5-6-20-9(2)3/h7-9H,4-6H2,1-3H3,(H2,17,18,19). The molecule has 0 amide bonds. The van der Waals surface area contributed by atoms with Crippen LogP contribution < -0.4 is 10.6 Å². The number of nitrogens with one attached hydrogen (secondary N) is 2. The highest BCUT2D eigenvalue weighted by atomic mass is 19.4. The van der Waals surface area contributed by atoms with Crippen molar-refractivity contribution in [1.29, 1.82) is 0 Å². The van der Waals surface area contributed by atoms with Crippen LogP contribution in [-0.4, -0.2) is 30.8 Å². The number of halogens is 3. The lowest BCUT2D eigenvalue weighted by atomic mass is 10.2. The Labute approximate surface area is 116 Å². The summed E-state index contributed by atoms with van der Waals surface area (Å²) >= 11 is 0. The molecule has 114 valence electrons. The van der Waals surface area contributed by atoms with Gasteiger partial charge in [0.15, 0.2) is 0 Å². The third kappa shape index (κ3) is 5.64. The van der Waals surface area contributed by atoms with Gasteiger partial charge in [-0.05, 0) is 32.9 Å². The van der Waals surface area contributed by atoms with Crippen LogP contribution in [0.5, 0.6) is 0 Å². The zero-order chi connectivity index (χ0) is 15.2. The third-order valence-corrected chi connectivity index (χ3v) is 2.37.